The Kier molecular flexibility index (Phi) is 2.99. The molecule has 1 heteroatoms. The summed E-state index contributed by atoms with van der Waals surface area (Å²) < 4.78 is 0. The molecule has 0 heterocycles. The highest BCUT2D eigenvalue weighted by atomic mass is 32.1. The maximum absolute atomic E-state index is 4.18. The summed E-state index contributed by atoms with van der Waals surface area (Å²) in [5, 5.41) is 0. The van der Waals surface area contributed by atoms with Gasteiger partial charge in [-0.2, -0.15) is 0 Å². The van der Waals surface area contributed by atoms with Crippen molar-refractivity contribution in [3.05, 3.63) is 48.6 Å². The Hall–Kier alpha value is -0.950. The lowest BCUT2D eigenvalue weighted by atomic mass is 10.2. The van der Waals surface area contributed by atoms with Crippen LogP contribution in [-0.4, -0.2) is 0 Å². The summed E-state index contributed by atoms with van der Waals surface area (Å²) in [5.41, 5.74) is 1.17. The SMILES string of the molecule is C=C/C=C/c1ccc(S)cc1. The van der Waals surface area contributed by atoms with Gasteiger partial charge in [0, 0.05) is 4.90 Å². The molecule has 0 radical (unpaired) electrons. The van der Waals surface area contributed by atoms with E-state index in [4.69, 9.17) is 0 Å². The average molecular weight is 162 g/mol. The van der Waals surface area contributed by atoms with Crippen LogP contribution in [0.3, 0.4) is 0 Å². The van der Waals surface area contributed by atoms with E-state index in [0.29, 0.717) is 0 Å². The number of hydrogen-bond donors (Lipinski definition) is 1. The highest BCUT2D eigenvalue weighted by molar-refractivity contribution is 7.80. The molecule has 11 heavy (non-hydrogen) atoms. The van der Waals surface area contributed by atoms with Gasteiger partial charge in [-0.15, -0.1) is 12.6 Å². The maximum Gasteiger partial charge on any atom is 0.00403 e. The summed E-state index contributed by atoms with van der Waals surface area (Å²) in [6.07, 6.45) is 5.67. The van der Waals surface area contributed by atoms with E-state index >= 15 is 0 Å². The van der Waals surface area contributed by atoms with Gasteiger partial charge in [0.2, 0.25) is 0 Å². The summed E-state index contributed by atoms with van der Waals surface area (Å²) in [5.74, 6) is 0. The van der Waals surface area contributed by atoms with Crippen LogP contribution >= 0.6 is 12.6 Å². The Morgan fingerprint density at radius 1 is 1.18 bits per heavy atom. The highest BCUT2D eigenvalue weighted by Gasteiger charge is 1.84. The van der Waals surface area contributed by atoms with Crippen molar-refractivity contribution in [3.8, 4) is 0 Å². The smallest absolute Gasteiger partial charge is 0.00403 e. The summed E-state index contributed by atoms with van der Waals surface area (Å²) in [6, 6.07) is 7.96. The molecular formula is C10H10S. The van der Waals surface area contributed by atoms with Crippen LogP contribution in [0.15, 0.2) is 47.9 Å². The van der Waals surface area contributed by atoms with Gasteiger partial charge in [0.15, 0.2) is 0 Å². The zero-order valence-electron chi connectivity index (χ0n) is 6.20. The molecule has 1 rings (SSSR count). The molecule has 0 aliphatic heterocycles. The van der Waals surface area contributed by atoms with Gasteiger partial charge in [0.05, 0.1) is 0 Å². The van der Waals surface area contributed by atoms with Crippen LogP contribution in [0.25, 0.3) is 6.08 Å². The largest absolute Gasteiger partial charge is 0.143 e. The number of rotatable bonds is 2. The van der Waals surface area contributed by atoms with E-state index in [9.17, 15) is 0 Å². The molecule has 0 nitrogen and oxygen atoms in total. The van der Waals surface area contributed by atoms with Crippen molar-refractivity contribution < 1.29 is 0 Å². The molecule has 0 spiro atoms. The van der Waals surface area contributed by atoms with Gasteiger partial charge in [0.1, 0.15) is 0 Å². The van der Waals surface area contributed by atoms with Crippen LogP contribution in [0.5, 0.6) is 0 Å². The predicted octanol–water partition coefficient (Wildman–Crippen LogP) is 3.17. The third kappa shape index (κ3) is 2.64. The maximum atomic E-state index is 4.18. The monoisotopic (exact) mass is 162 g/mol. The second-order valence-corrected chi connectivity index (χ2v) is 2.70. The quantitative estimate of drug-likeness (QED) is 0.501. The lowest BCUT2D eigenvalue weighted by Gasteiger charge is -1.92. The first kappa shape index (κ1) is 8.15. The van der Waals surface area contributed by atoms with Crippen molar-refractivity contribution >= 4 is 18.7 Å². The zero-order valence-corrected chi connectivity index (χ0v) is 7.09. The molecule has 0 aliphatic rings. The summed E-state index contributed by atoms with van der Waals surface area (Å²) in [7, 11) is 0. The normalized spacial score (nSPS) is 10.3. The molecule has 1 aromatic rings. The summed E-state index contributed by atoms with van der Waals surface area (Å²) in [4.78, 5) is 0.987. The molecule has 0 atom stereocenters. The lowest BCUT2D eigenvalue weighted by molar-refractivity contribution is 1.46. The van der Waals surface area contributed by atoms with E-state index in [1.165, 1.54) is 5.56 Å². The van der Waals surface area contributed by atoms with E-state index in [-0.39, 0.29) is 0 Å². The van der Waals surface area contributed by atoms with Crippen molar-refractivity contribution in [2.45, 2.75) is 4.90 Å². The van der Waals surface area contributed by atoms with Crippen LogP contribution in [0.2, 0.25) is 0 Å². The van der Waals surface area contributed by atoms with Crippen molar-refractivity contribution in [1.29, 1.82) is 0 Å². The fourth-order valence-electron chi connectivity index (χ4n) is 0.765. The molecule has 1 aromatic carbocycles. The molecule has 0 bridgehead atoms. The first-order valence-electron chi connectivity index (χ1n) is 3.41. The van der Waals surface area contributed by atoms with Crippen LogP contribution in [0, 0.1) is 0 Å². The average Bonchev–Trinajstić information content (AvgIpc) is 2.04. The Bertz CT molecular complexity index is 257. The Labute approximate surface area is 72.7 Å². The molecule has 0 unspecified atom stereocenters. The fraction of sp³-hybridized carbons (Fsp3) is 0. The Balaban J connectivity index is 2.81. The highest BCUT2D eigenvalue weighted by Crippen LogP contribution is 2.08. The van der Waals surface area contributed by atoms with Crippen molar-refractivity contribution in [2.75, 3.05) is 0 Å². The first-order valence-corrected chi connectivity index (χ1v) is 3.86. The number of allylic oxidation sites excluding steroid dienone is 2. The van der Waals surface area contributed by atoms with Gasteiger partial charge in [0.25, 0.3) is 0 Å². The standard InChI is InChI=1S/C10H10S/c1-2-3-4-9-5-7-10(11)8-6-9/h2-8,11H,1H2/b4-3+. The third-order valence-corrected chi connectivity index (χ3v) is 1.62. The lowest BCUT2D eigenvalue weighted by Crippen LogP contribution is -1.69. The van der Waals surface area contributed by atoms with E-state index in [1.54, 1.807) is 6.08 Å². The zero-order chi connectivity index (χ0) is 8.10. The molecule has 56 valence electrons. The van der Waals surface area contributed by atoms with Crippen LogP contribution < -0.4 is 0 Å². The molecule has 0 fully saturated rings. The molecule has 0 amide bonds. The van der Waals surface area contributed by atoms with Crippen molar-refractivity contribution in [1.82, 2.24) is 0 Å². The van der Waals surface area contributed by atoms with Gasteiger partial charge >= 0.3 is 0 Å². The van der Waals surface area contributed by atoms with Gasteiger partial charge in [-0.3, -0.25) is 0 Å². The molecule has 0 saturated heterocycles. The topological polar surface area (TPSA) is 0 Å². The Morgan fingerprint density at radius 2 is 1.82 bits per heavy atom. The van der Waals surface area contributed by atoms with E-state index in [1.807, 2.05) is 36.4 Å². The molecule has 0 aliphatic carbocycles. The first-order chi connectivity index (χ1) is 5.33. The van der Waals surface area contributed by atoms with Gasteiger partial charge in [-0.05, 0) is 17.7 Å². The summed E-state index contributed by atoms with van der Waals surface area (Å²) >= 11 is 4.18. The Morgan fingerprint density at radius 3 is 2.36 bits per heavy atom. The van der Waals surface area contributed by atoms with E-state index in [0.717, 1.165) is 4.90 Å². The van der Waals surface area contributed by atoms with Crippen LogP contribution in [0.4, 0.5) is 0 Å². The van der Waals surface area contributed by atoms with Crippen molar-refractivity contribution in [3.63, 3.8) is 0 Å². The van der Waals surface area contributed by atoms with Gasteiger partial charge in [-0.1, -0.05) is 36.9 Å². The van der Waals surface area contributed by atoms with Gasteiger partial charge in [-0.25, -0.2) is 0 Å². The van der Waals surface area contributed by atoms with Crippen molar-refractivity contribution in [2.24, 2.45) is 0 Å². The molecule has 0 N–H and O–H groups in total. The fourth-order valence-corrected chi connectivity index (χ4v) is 0.914. The molecule has 0 saturated carbocycles. The predicted molar refractivity (Wildman–Crippen MR) is 52.9 cm³/mol. The number of hydrogen-bond acceptors (Lipinski definition) is 1. The van der Waals surface area contributed by atoms with Crippen LogP contribution in [-0.2, 0) is 0 Å². The molecular weight excluding hydrogens is 152 g/mol. The molecule has 0 aromatic heterocycles. The summed E-state index contributed by atoms with van der Waals surface area (Å²) in [6.45, 7) is 3.59. The minimum atomic E-state index is 0.987. The minimum absolute atomic E-state index is 0.987. The van der Waals surface area contributed by atoms with E-state index < -0.39 is 0 Å². The third-order valence-electron chi connectivity index (χ3n) is 1.32. The second kappa shape index (κ2) is 4.04. The second-order valence-electron chi connectivity index (χ2n) is 2.19. The number of thiol groups is 1. The van der Waals surface area contributed by atoms with Crippen LogP contribution in [0.1, 0.15) is 5.56 Å². The minimum Gasteiger partial charge on any atom is -0.143 e. The number of benzene rings is 1. The van der Waals surface area contributed by atoms with Gasteiger partial charge < -0.3 is 0 Å². The van der Waals surface area contributed by atoms with E-state index in [2.05, 4.69) is 19.2 Å².